The Hall–Kier alpha value is -3.21. The SMILES string of the molecule is CC(C)(C)c1ccccc1NC(=O)c1cnc(N2CCCc3ccccc32)cn1. The summed E-state index contributed by atoms with van der Waals surface area (Å²) in [6.07, 6.45) is 5.40. The zero-order chi connectivity index (χ0) is 20.4. The molecule has 0 spiro atoms. The molecule has 2 heterocycles. The van der Waals surface area contributed by atoms with Crippen LogP contribution in [0.25, 0.3) is 0 Å². The Balaban J connectivity index is 1.55. The fourth-order valence-corrected chi connectivity index (χ4v) is 3.78. The number of nitrogens with zero attached hydrogens (tertiary/aromatic N) is 3. The van der Waals surface area contributed by atoms with Crippen LogP contribution in [0.1, 0.15) is 48.8 Å². The predicted octanol–water partition coefficient (Wildman–Crippen LogP) is 5.11. The molecule has 0 atom stereocenters. The van der Waals surface area contributed by atoms with Crippen LogP contribution in [-0.4, -0.2) is 22.4 Å². The molecule has 148 valence electrons. The molecule has 1 N–H and O–H groups in total. The van der Waals surface area contributed by atoms with Crippen molar-refractivity contribution >= 4 is 23.1 Å². The molecule has 1 aromatic heterocycles. The van der Waals surface area contributed by atoms with Crippen LogP contribution in [0.3, 0.4) is 0 Å². The van der Waals surface area contributed by atoms with E-state index in [0.29, 0.717) is 5.69 Å². The molecule has 5 nitrogen and oxygen atoms in total. The fourth-order valence-electron chi connectivity index (χ4n) is 3.78. The summed E-state index contributed by atoms with van der Waals surface area (Å²) in [5, 5.41) is 2.99. The van der Waals surface area contributed by atoms with Crippen LogP contribution in [0.15, 0.2) is 60.9 Å². The van der Waals surface area contributed by atoms with Gasteiger partial charge in [-0.05, 0) is 41.5 Å². The number of anilines is 3. The van der Waals surface area contributed by atoms with Crippen LogP contribution in [-0.2, 0) is 11.8 Å². The lowest BCUT2D eigenvalue weighted by Gasteiger charge is -2.30. The molecule has 3 aromatic rings. The van der Waals surface area contributed by atoms with E-state index >= 15 is 0 Å². The minimum absolute atomic E-state index is 0.0684. The zero-order valence-electron chi connectivity index (χ0n) is 17.1. The highest BCUT2D eigenvalue weighted by Crippen LogP contribution is 2.32. The summed E-state index contributed by atoms with van der Waals surface area (Å²) in [5.41, 5.74) is 4.62. The topological polar surface area (TPSA) is 58.1 Å². The molecule has 0 saturated carbocycles. The third-order valence-corrected chi connectivity index (χ3v) is 5.24. The standard InChI is InChI=1S/C24H26N4O/c1-24(2,3)18-11-5-6-12-19(18)27-23(29)20-15-26-22(16-25-20)28-14-8-10-17-9-4-7-13-21(17)28/h4-7,9,11-13,15-16H,8,10,14H2,1-3H3,(H,27,29). The number of para-hydroxylation sites is 2. The number of carbonyl (C=O) groups is 1. The average Bonchev–Trinajstić information content (AvgIpc) is 2.73. The molecule has 5 heteroatoms. The molecule has 1 aliphatic heterocycles. The molecule has 1 amide bonds. The van der Waals surface area contributed by atoms with Gasteiger partial charge in [0.1, 0.15) is 5.69 Å². The summed E-state index contributed by atoms with van der Waals surface area (Å²) in [6, 6.07) is 16.2. The molecular formula is C24H26N4O. The number of aromatic nitrogens is 2. The Labute approximate surface area is 171 Å². The van der Waals surface area contributed by atoms with Gasteiger partial charge in [0.05, 0.1) is 12.4 Å². The number of fused-ring (bicyclic) bond motifs is 1. The van der Waals surface area contributed by atoms with Gasteiger partial charge >= 0.3 is 0 Å². The molecule has 0 bridgehead atoms. The highest BCUT2D eigenvalue weighted by molar-refractivity contribution is 6.03. The highest BCUT2D eigenvalue weighted by atomic mass is 16.1. The van der Waals surface area contributed by atoms with E-state index in [1.54, 1.807) is 12.4 Å². The Morgan fingerprint density at radius 2 is 1.76 bits per heavy atom. The molecule has 29 heavy (non-hydrogen) atoms. The molecule has 0 fully saturated rings. The molecule has 0 radical (unpaired) electrons. The number of hydrogen-bond donors (Lipinski definition) is 1. The summed E-state index contributed by atoms with van der Waals surface area (Å²) in [6.45, 7) is 7.28. The summed E-state index contributed by atoms with van der Waals surface area (Å²) in [4.78, 5) is 23.9. The monoisotopic (exact) mass is 386 g/mol. The largest absolute Gasteiger partial charge is 0.325 e. The van der Waals surface area contributed by atoms with E-state index in [9.17, 15) is 4.79 Å². The van der Waals surface area contributed by atoms with Crippen molar-refractivity contribution in [2.75, 3.05) is 16.8 Å². The second-order valence-electron chi connectivity index (χ2n) is 8.39. The average molecular weight is 386 g/mol. The van der Waals surface area contributed by atoms with Gasteiger partial charge in [-0.15, -0.1) is 0 Å². The minimum Gasteiger partial charge on any atom is -0.325 e. The van der Waals surface area contributed by atoms with E-state index in [2.05, 4.69) is 59.2 Å². The van der Waals surface area contributed by atoms with Crippen molar-refractivity contribution in [3.05, 3.63) is 77.7 Å². The normalized spacial score (nSPS) is 13.7. The first-order valence-corrected chi connectivity index (χ1v) is 10.0. The molecule has 0 unspecified atom stereocenters. The van der Waals surface area contributed by atoms with Crippen molar-refractivity contribution in [2.24, 2.45) is 0 Å². The van der Waals surface area contributed by atoms with Crippen LogP contribution < -0.4 is 10.2 Å². The van der Waals surface area contributed by atoms with Gasteiger partial charge in [-0.2, -0.15) is 0 Å². The lowest BCUT2D eigenvalue weighted by atomic mass is 9.86. The van der Waals surface area contributed by atoms with Gasteiger partial charge in [0.15, 0.2) is 5.82 Å². The number of hydrogen-bond acceptors (Lipinski definition) is 4. The summed E-state index contributed by atoms with van der Waals surface area (Å²) < 4.78 is 0. The van der Waals surface area contributed by atoms with Crippen LogP contribution in [0.2, 0.25) is 0 Å². The first kappa shape index (κ1) is 19.1. The predicted molar refractivity (Wildman–Crippen MR) is 117 cm³/mol. The number of aryl methyl sites for hydroxylation is 1. The van der Waals surface area contributed by atoms with E-state index in [1.165, 1.54) is 11.3 Å². The number of nitrogens with one attached hydrogen (secondary N) is 1. The van der Waals surface area contributed by atoms with Crippen molar-refractivity contribution < 1.29 is 4.79 Å². The van der Waals surface area contributed by atoms with Gasteiger partial charge in [-0.3, -0.25) is 4.79 Å². The van der Waals surface area contributed by atoms with E-state index in [1.807, 2.05) is 30.3 Å². The van der Waals surface area contributed by atoms with Crippen molar-refractivity contribution in [3.8, 4) is 0 Å². The van der Waals surface area contributed by atoms with E-state index in [-0.39, 0.29) is 11.3 Å². The summed E-state index contributed by atoms with van der Waals surface area (Å²) in [7, 11) is 0. The maximum Gasteiger partial charge on any atom is 0.275 e. The van der Waals surface area contributed by atoms with Gasteiger partial charge in [0, 0.05) is 17.9 Å². The zero-order valence-corrected chi connectivity index (χ0v) is 17.1. The first-order chi connectivity index (χ1) is 13.9. The van der Waals surface area contributed by atoms with Crippen LogP contribution in [0.5, 0.6) is 0 Å². The molecule has 0 saturated heterocycles. The van der Waals surface area contributed by atoms with E-state index < -0.39 is 0 Å². The molecular weight excluding hydrogens is 360 g/mol. The molecule has 1 aliphatic rings. The fraction of sp³-hybridized carbons (Fsp3) is 0.292. The second-order valence-corrected chi connectivity index (χ2v) is 8.39. The smallest absolute Gasteiger partial charge is 0.275 e. The summed E-state index contributed by atoms with van der Waals surface area (Å²) in [5.74, 6) is 0.517. The number of amides is 1. The third kappa shape index (κ3) is 3.99. The van der Waals surface area contributed by atoms with Crippen molar-refractivity contribution in [3.63, 3.8) is 0 Å². The second kappa shape index (κ2) is 7.66. The van der Waals surface area contributed by atoms with Crippen LogP contribution >= 0.6 is 0 Å². The maximum absolute atomic E-state index is 12.8. The number of benzene rings is 2. The van der Waals surface area contributed by atoms with Gasteiger partial charge in [0.2, 0.25) is 0 Å². The quantitative estimate of drug-likeness (QED) is 0.679. The Morgan fingerprint density at radius 3 is 2.52 bits per heavy atom. The highest BCUT2D eigenvalue weighted by Gasteiger charge is 2.21. The maximum atomic E-state index is 12.8. The van der Waals surface area contributed by atoms with Crippen molar-refractivity contribution in [2.45, 2.75) is 39.0 Å². The van der Waals surface area contributed by atoms with Gasteiger partial charge in [0.25, 0.3) is 5.91 Å². The number of carbonyl (C=O) groups excluding carboxylic acids is 1. The molecule has 4 rings (SSSR count). The third-order valence-electron chi connectivity index (χ3n) is 5.24. The van der Waals surface area contributed by atoms with Crippen LogP contribution in [0, 0.1) is 0 Å². The number of rotatable bonds is 3. The van der Waals surface area contributed by atoms with Gasteiger partial charge in [-0.1, -0.05) is 57.2 Å². The van der Waals surface area contributed by atoms with E-state index in [4.69, 9.17) is 0 Å². The minimum atomic E-state index is -0.250. The van der Waals surface area contributed by atoms with Crippen LogP contribution in [0.4, 0.5) is 17.2 Å². The van der Waals surface area contributed by atoms with E-state index in [0.717, 1.165) is 36.5 Å². The Morgan fingerprint density at radius 1 is 1.00 bits per heavy atom. The molecule has 0 aliphatic carbocycles. The Kier molecular flexibility index (Phi) is 5.05. The lowest BCUT2D eigenvalue weighted by molar-refractivity contribution is 0.102. The van der Waals surface area contributed by atoms with Gasteiger partial charge < -0.3 is 10.2 Å². The lowest BCUT2D eigenvalue weighted by Crippen LogP contribution is -2.26. The summed E-state index contributed by atoms with van der Waals surface area (Å²) >= 11 is 0. The van der Waals surface area contributed by atoms with Gasteiger partial charge in [-0.25, -0.2) is 9.97 Å². The van der Waals surface area contributed by atoms with Crippen molar-refractivity contribution in [1.82, 2.24) is 9.97 Å². The van der Waals surface area contributed by atoms with Crippen molar-refractivity contribution in [1.29, 1.82) is 0 Å². The molecule has 2 aromatic carbocycles. The first-order valence-electron chi connectivity index (χ1n) is 10.0. The Bertz CT molecular complexity index is 1020.